The van der Waals surface area contributed by atoms with Gasteiger partial charge >= 0.3 is 5.97 Å². The molecule has 0 radical (unpaired) electrons. The standard InChI is InChI=1S/C15H6Cl10O3/c1-2-15(26,27-13-9(22)5(18)3(16)6(19)10(13)23)28-14-11(24)7(20)4(17)8(21)12(14)25/h26H,2H2,1H3. The van der Waals surface area contributed by atoms with Crippen molar-refractivity contribution in [3.05, 3.63) is 50.2 Å². The van der Waals surface area contributed by atoms with Crippen LogP contribution in [0.15, 0.2) is 0 Å². The van der Waals surface area contributed by atoms with Gasteiger partial charge in [-0.15, -0.1) is 0 Å². The van der Waals surface area contributed by atoms with Crippen LogP contribution in [0, 0.1) is 0 Å². The fraction of sp³-hybridized carbons (Fsp3) is 0.200. The lowest BCUT2D eigenvalue weighted by molar-refractivity contribution is -0.273. The van der Waals surface area contributed by atoms with Crippen molar-refractivity contribution in [2.24, 2.45) is 0 Å². The van der Waals surface area contributed by atoms with Crippen LogP contribution in [0.3, 0.4) is 0 Å². The Balaban J connectivity index is 2.56. The zero-order chi connectivity index (χ0) is 21.5. The summed E-state index contributed by atoms with van der Waals surface area (Å²) in [7, 11) is 0. The largest absolute Gasteiger partial charge is 0.427 e. The van der Waals surface area contributed by atoms with Crippen molar-refractivity contribution < 1.29 is 14.6 Å². The Morgan fingerprint density at radius 3 is 0.964 bits per heavy atom. The summed E-state index contributed by atoms with van der Waals surface area (Å²) in [5, 5.41) is 9.25. The first-order chi connectivity index (χ1) is 12.9. The van der Waals surface area contributed by atoms with Gasteiger partial charge in [-0.1, -0.05) is 123 Å². The first-order valence-corrected chi connectivity index (χ1v) is 10.8. The molecule has 0 spiro atoms. The average Bonchev–Trinajstić information content (AvgIpc) is 2.68. The first kappa shape index (κ1) is 25.2. The van der Waals surface area contributed by atoms with Crippen molar-refractivity contribution >= 4 is 116 Å². The smallest absolute Gasteiger partial charge is 0.369 e. The third-order valence-electron chi connectivity index (χ3n) is 3.31. The summed E-state index contributed by atoms with van der Waals surface area (Å²) >= 11 is 60.3. The molecule has 0 atom stereocenters. The Morgan fingerprint density at radius 2 is 0.750 bits per heavy atom. The van der Waals surface area contributed by atoms with Crippen LogP contribution in [-0.4, -0.2) is 11.1 Å². The van der Waals surface area contributed by atoms with E-state index in [1.807, 2.05) is 0 Å². The summed E-state index contributed by atoms with van der Waals surface area (Å²) in [4.78, 5) is 0. The molecule has 0 aromatic heterocycles. The second kappa shape index (κ2) is 9.58. The zero-order valence-corrected chi connectivity index (χ0v) is 20.8. The summed E-state index contributed by atoms with van der Waals surface area (Å²) in [6.45, 7) is 1.52. The molecule has 0 amide bonds. The average molecular weight is 589 g/mol. The van der Waals surface area contributed by atoms with Gasteiger partial charge in [-0.25, -0.2) is 0 Å². The molecule has 2 aromatic rings. The lowest BCUT2D eigenvalue weighted by Gasteiger charge is -2.30. The molecule has 2 rings (SSSR count). The van der Waals surface area contributed by atoms with Gasteiger partial charge in [0.05, 0.1) is 36.6 Å². The Labute approximate surface area is 210 Å². The summed E-state index contributed by atoms with van der Waals surface area (Å²) in [5.41, 5.74) is 0. The molecule has 0 bridgehead atoms. The highest BCUT2D eigenvalue weighted by Gasteiger charge is 2.36. The number of halogens is 10. The monoisotopic (exact) mass is 584 g/mol. The molecule has 28 heavy (non-hydrogen) atoms. The van der Waals surface area contributed by atoms with E-state index in [1.165, 1.54) is 6.92 Å². The SMILES string of the molecule is CCC(O)(Oc1c(Cl)c(Cl)c(Cl)c(Cl)c1Cl)Oc1c(Cl)c(Cl)c(Cl)c(Cl)c1Cl. The molecule has 0 saturated carbocycles. The summed E-state index contributed by atoms with van der Waals surface area (Å²) in [6, 6.07) is 0. The van der Waals surface area contributed by atoms with E-state index in [4.69, 9.17) is 125 Å². The maximum Gasteiger partial charge on any atom is 0.369 e. The van der Waals surface area contributed by atoms with Crippen molar-refractivity contribution in [2.45, 2.75) is 19.3 Å². The molecule has 0 saturated heterocycles. The topological polar surface area (TPSA) is 38.7 Å². The number of hydrogen-bond acceptors (Lipinski definition) is 3. The predicted octanol–water partition coefficient (Wildman–Crippen LogP) is 9.73. The van der Waals surface area contributed by atoms with E-state index in [9.17, 15) is 5.11 Å². The molecular formula is C15H6Cl10O3. The molecule has 2 aromatic carbocycles. The van der Waals surface area contributed by atoms with Gasteiger partial charge in [0.25, 0.3) is 0 Å². The van der Waals surface area contributed by atoms with E-state index in [0.717, 1.165) is 0 Å². The van der Waals surface area contributed by atoms with Crippen molar-refractivity contribution in [3.8, 4) is 11.5 Å². The zero-order valence-electron chi connectivity index (χ0n) is 13.3. The van der Waals surface area contributed by atoms with Crippen LogP contribution >= 0.6 is 116 Å². The van der Waals surface area contributed by atoms with Gasteiger partial charge in [-0.05, 0) is 0 Å². The maximum absolute atomic E-state index is 10.8. The number of aliphatic hydroxyl groups is 1. The van der Waals surface area contributed by atoms with Crippen LogP contribution in [0.5, 0.6) is 11.5 Å². The molecule has 0 aliphatic rings. The van der Waals surface area contributed by atoms with E-state index < -0.39 is 5.97 Å². The highest BCUT2D eigenvalue weighted by Crippen LogP contribution is 2.51. The molecule has 0 fully saturated rings. The van der Waals surface area contributed by atoms with Gasteiger partial charge in [-0.2, -0.15) is 0 Å². The van der Waals surface area contributed by atoms with E-state index >= 15 is 0 Å². The molecule has 154 valence electrons. The van der Waals surface area contributed by atoms with Crippen molar-refractivity contribution in [1.82, 2.24) is 0 Å². The predicted molar refractivity (Wildman–Crippen MR) is 119 cm³/mol. The van der Waals surface area contributed by atoms with Crippen LogP contribution in [-0.2, 0) is 0 Å². The third-order valence-corrected chi connectivity index (χ3v) is 7.79. The van der Waals surface area contributed by atoms with E-state index in [2.05, 4.69) is 0 Å². The van der Waals surface area contributed by atoms with Crippen LogP contribution in [0.25, 0.3) is 0 Å². The Morgan fingerprint density at radius 1 is 0.536 bits per heavy atom. The Hall–Kier alpha value is 0.900. The summed E-state index contributed by atoms with van der Waals surface area (Å²) in [5.74, 6) is -2.96. The van der Waals surface area contributed by atoms with E-state index in [1.54, 1.807) is 0 Å². The van der Waals surface area contributed by atoms with E-state index in [0.29, 0.717) is 0 Å². The Bertz CT molecular complexity index is 817. The van der Waals surface area contributed by atoms with Crippen molar-refractivity contribution in [2.75, 3.05) is 0 Å². The minimum Gasteiger partial charge on any atom is -0.427 e. The minimum absolute atomic E-state index is 0.0889. The first-order valence-electron chi connectivity index (χ1n) is 6.99. The van der Waals surface area contributed by atoms with E-state index in [-0.39, 0.29) is 68.1 Å². The van der Waals surface area contributed by atoms with Gasteiger partial charge < -0.3 is 14.6 Å². The van der Waals surface area contributed by atoms with Gasteiger partial charge in [-0.3, -0.25) is 0 Å². The molecule has 0 aliphatic heterocycles. The number of ether oxygens (including phenoxy) is 2. The van der Waals surface area contributed by atoms with Crippen LogP contribution in [0.4, 0.5) is 0 Å². The van der Waals surface area contributed by atoms with Crippen molar-refractivity contribution in [1.29, 1.82) is 0 Å². The highest BCUT2D eigenvalue weighted by molar-refractivity contribution is 6.56. The third kappa shape index (κ3) is 4.71. The van der Waals surface area contributed by atoms with Crippen LogP contribution in [0.1, 0.15) is 13.3 Å². The molecule has 3 nitrogen and oxygen atoms in total. The second-order valence-electron chi connectivity index (χ2n) is 5.07. The van der Waals surface area contributed by atoms with Crippen molar-refractivity contribution in [3.63, 3.8) is 0 Å². The van der Waals surface area contributed by atoms with Crippen LogP contribution in [0.2, 0.25) is 50.2 Å². The number of benzene rings is 2. The second-order valence-corrected chi connectivity index (χ2v) is 8.85. The molecule has 0 heterocycles. The summed E-state index contributed by atoms with van der Waals surface area (Å²) < 4.78 is 10.9. The lowest BCUT2D eigenvalue weighted by Crippen LogP contribution is -2.42. The highest BCUT2D eigenvalue weighted by atomic mass is 35.5. The minimum atomic E-state index is -2.39. The number of hydrogen-bond donors (Lipinski definition) is 1. The molecule has 1 N–H and O–H groups in total. The van der Waals surface area contributed by atoms with Gasteiger partial charge in [0, 0.05) is 0 Å². The quantitative estimate of drug-likeness (QED) is 0.215. The van der Waals surface area contributed by atoms with Gasteiger partial charge in [0.1, 0.15) is 20.1 Å². The normalized spacial score (nSPS) is 11.7. The molecule has 0 aliphatic carbocycles. The molecule has 0 unspecified atom stereocenters. The summed E-state index contributed by atoms with van der Waals surface area (Å²) in [6.07, 6.45) is -0.165. The van der Waals surface area contributed by atoms with Gasteiger partial charge in [0.2, 0.25) is 0 Å². The fourth-order valence-electron chi connectivity index (χ4n) is 1.83. The molecule has 13 heteroatoms. The Kier molecular flexibility index (Phi) is 8.61. The van der Waals surface area contributed by atoms with Crippen LogP contribution < -0.4 is 9.47 Å². The number of rotatable bonds is 5. The van der Waals surface area contributed by atoms with Gasteiger partial charge in [0.15, 0.2) is 11.5 Å². The molecular weight excluding hydrogens is 583 g/mol. The maximum atomic E-state index is 10.8. The fourth-order valence-corrected chi connectivity index (χ4v) is 4.23. The lowest BCUT2D eigenvalue weighted by atomic mass is 10.3.